The van der Waals surface area contributed by atoms with Gasteiger partial charge in [-0.25, -0.2) is 13.8 Å². The first-order valence-electron chi connectivity index (χ1n) is 9.87. The van der Waals surface area contributed by atoms with Gasteiger partial charge in [-0.2, -0.15) is 5.10 Å². The summed E-state index contributed by atoms with van der Waals surface area (Å²) in [5.41, 5.74) is 6.65. The molecular formula is C22H30N4O3S. The van der Waals surface area contributed by atoms with Crippen molar-refractivity contribution in [3.63, 3.8) is 0 Å². The zero-order valence-electron chi connectivity index (χ0n) is 18.2. The highest BCUT2D eigenvalue weighted by Crippen LogP contribution is 2.23. The van der Waals surface area contributed by atoms with Gasteiger partial charge in [0.15, 0.2) is 0 Å². The monoisotopic (exact) mass is 430 g/mol. The van der Waals surface area contributed by atoms with Crippen molar-refractivity contribution in [2.75, 3.05) is 35.1 Å². The van der Waals surface area contributed by atoms with Gasteiger partial charge in [0.1, 0.15) is 6.54 Å². The Kier molecular flexibility index (Phi) is 8.00. The Bertz CT molecular complexity index is 998. The molecule has 162 valence electrons. The van der Waals surface area contributed by atoms with E-state index in [1.54, 1.807) is 6.07 Å². The summed E-state index contributed by atoms with van der Waals surface area (Å²) in [7, 11) is -3.63. The summed E-state index contributed by atoms with van der Waals surface area (Å²) in [4.78, 5) is 14.6. The van der Waals surface area contributed by atoms with Crippen molar-refractivity contribution < 1.29 is 13.2 Å². The van der Waals surface area contributed by atoms with Crippen LogP contribution in [-0.2, 0) is 14.8 Å². The lowest BCUT2D eigenvalue weighted by atomic mass is 10.1. The smallest absolute Gasteiger partial charge is 0.260 e. The van der Waals surface area contributed by atoms with Gasteiger partial charge in [-0.3, -0.25) is 9.10 Å². The molecule has 7 nitrogen and oxygen atoms in total. The van der Waals surface area contributed by atoms with Crippen molar-refractivity contribution in [1.29, 1.82) is 0 Å². The van der Waals surface area contributed by atoms with Crippen LogP contribution in [-0.4, -0.2) is 46.4 Å². The molecule has 2 aromatic rings. The summed E-state index contributed by atoms with van der Waals surface area (Å²) < 4.78 is 25.6. The van der Waals surface area contributed by atoms with Crippen molar-refractivity contribution in [2.45, 2.75) is 27.7 Å². The molecule has 0 heterocycles. The summed E-state index contributed by atoms with van der Waals surface area (Å²) >= 11 is 0. The Labute approximate surface area is 179 Å². The second-order valence-electron chi connectivity index (χ2n) is 7.12. The number of rotatable bonds is 9. The molecule has 0 atom stereocenters. The number of carbonyl (C=O) groups excluding carboxylic acids is 1. The number of benzene rings is 2. The summed E-state index contributed by atoms with van der Waals surface area (Å²) in [5, 5.41) is 3.96. The zero-order valence-corrected chi connectivity index (χ0v) is 19.0. The lowest BCUT2D eigenvalue weighted by Gasteiger charge is -2.23. The summed E-state index contributed by atoms with van der Waals surface area (Å²) in [6.07, 6.45) is 2.62. The standard InChI is InChI=1S/C22H30N4O3S/c1-6-25(7-2)20-11-9-19(10-12-20)15-23-24-22(27)16-26(30(5,28)29)21-13-8-17(3)14-18(21)4/h8-15H,6-7,16H2,1-5H3,(H,24,27)/b23-15-. The van der Waals surface area contributed by atoms with Crippen LogP contribution >= 0.6 is 0 Å². The maximum Gasteiger partial charge on any atom is 0.260 e. The predicted octanol–water partition coefficient (Wildman–Crippen LogP) is 3.07. The second kappa shape index (κ2) is 10.2. The summed E-state index contributed by atoms with van der Waals surface area (Å²) in [5.74, 6) is -0.517. The number of hydrogen-bond donors (Lipinski definition) is 1. The molecule has 0 radical (unpaired) electrons. The van der Waals surface area contributed by atoms with E-state index in [2.05, 4.69) is 29.3 Å². The molecule has 0 aliphatic carbocycles. The van der Waals surface area contributed by atoms with Crippen LogP contribution in [0.4, 0.5) is 11.4 Å². The molecule has 2 aromatic carbocycles. The second-order valence-corrected chi connectivity index (χ2v) is 9.02. The average molecular weight is 431 g/mol. The van der Waals surface area contributed by atoms with Crippen molar-refractivity contribution >= 4 is 33.5 Å². The van der Waals surface area contributed by atoms with Crippen LogP contribution in [0, 0.1) is 13.8 Å². The zero-order chi connectivity index (χ0) is 22.3. The fraction of sp³-hybridized carbons (Fsp3) is 0.364. The van der Waals surface area contributed by atoms with Gasteiger partial charge in [-0.1, -0.05) is 29.8 Å². The highest BCUT2D eigenvalue weighted by atomic mass is 32.2. The van der Waals surface area contributed by atoms with Gasteiger partial charge in [0, 0.05) is 18.8 Å². The summed E-state index contributed by atoms with van der Waals surface area (Å²) in [6.45, 7) is 9.46. The Hall–Kier alpha value is -2.87. The molecule has 30 heavy (non-hydrogen) atoms. The molecule has 0 bridgehead atoms. The van der Waals surface area contributed by atoms with E-state index in [4.69, 9.17) is 0 Å². The number of hydrazone groups is 1. The number of amides is 1. The van der Waals surface area contributed by atoms with Gasteiger partial charge < -0.3 is 4.90 Å². The van der Waals surface area contributed by atoms with Gasteiger partial charge in [0.2, 0.25) is 10.0 Å². The SMILES string of the molecule is CCN(CC)c1ccc(/C=N\NC(=O)CN(c2ccc(C)cc2C)S(C)(=O)=O)cc1. The Balaban J connectivity index is 2.05. The number of aryl methyl sites for hydroxylation is 2. The molecular weight excluding hydrogens is 400 g/mol. The van der Waals surface area contributed by atoms with E-state index in [1.165, 1.54) is 6.21 Å². The third kappa shape index (κ3) is 6.32. The molecule has 2 rings (SSSR count). The highest BCUT2D eigenvalue weighted by molar-refractivity contribution is 7.92. The van der Waals surface area contributed by atoms with Crippen molar-refractivity contribution in [2.24, 2.45) is 5.10 Å². The van der Waals surface area contributed by atoms with Crippen LogP contribution in [0.2, 0.25) is 0 Å². The highest BCUT2D eigenvalue weighted by Gasteiger charge is 2.22. The Morgan fingerprint density at radius 3 is 2.23 bits per heavy atom. The van der Waals surface area contributed by atoms with Gasteiger partial charge in [-0.05, 0) is 57.0 Å². The lowest BCUT2D eigenvalue weighted by Crippen LogP contribution is -2.39. The molecule has 0 unspecified atom stereocenters. The van der Waals surface area contributed by atoms with Crippen LogP contribution < -0.4 is 14.6 Å². The third-order valence-electron chi connectivity index (χ3n) is 4.73. The van der Waals surface area contributed by atoms with Crippen LogP contribution in [0.3, 0.4) is 0 Å². The number of hydrogen-bond acceptors (Lipinski definition) is 5. The molecule has 0 saturated carbocycles. The van der Waals surface area contributed by atoms with Gasteiger partial charge in [0.05, 0.1) is 18.2 Å². The molecule has 0 aliphatic rings. The first-order valence-corrected chi connectivity index (χ1v) is 11.7. The van der Waals surface area contributed by atoms with Crippen LogP contribution in [0.5, 0.6) is 0 Å². The molecule has 1 N–H and O–H groups in total. The minimum absolute atomic E-state index is 0.346. The third-order valence-corrected chi connectivity index (χ3v) is 5.86. The fourth-order valence-corrected chi connectivity index (χ4v) is 4.08. The fourth-order valence-electron chi connectivity index (χ4n) is 3.17. The van der Waals surface area contributed by atoms with E-state index in [-0.39, 0.29) is 6.54 Å². The number of nitrogens with one attached hydrogen (secondary N) is 1. The number of carbonyl (C=O) groups is 1. The Morgan fingerprint density at radius 2 is 1.70 bits per heavy atom. The minimum atomic E-state index is -3.63. The van der Waals surface area contributed by atoms with E-state index in [0.29, 0.717) is 5.69 Å². The number of sulfonamides is 1. The van der Waals surface area contributed by atoms with Gasteiger partial charge >= 0.3 is 0 Å². The molecule has 0 spiro atoms. The quantitative estimate of drug-likeness (QED) is 0.490. The van der Waals surface area contributed by atoms with E-state index in [9.17, 15) is 13.2 Å². The van der Waals surface area contributed by atoms with Crippen molar-refractivity contribution in [3.8, 4) is 0 Å². The first-order chi connectivity index (χ1) is 14.2. The Morgan fingerprint density at radius 1 is 1.07 bits per heavy atom. The first kappa shape index (κ1) is 23.4. The maximum absolute atomic E-state index is 12.3. The van der Waals surface area contributed by atoms with E-state index in [0.717, 1.165) is 46.0 Å². The number of anilines is 2. The van der Waals surface area contributed by atoms with E-state index >= 15 is 0 Å². The maximum atomic E-state index is 12.3. The molecule has 1 amide bonds. The van der Waals surface area contributed by atoms with Crippen molar-refractivity contribution in [1.82, 2.24) is 5.43 Å². The van der Waals surface area contributed by atoms with Gasteiger partial charge in [-0.15, -0.1) is 0 Å². The van der Waals surface area contributed by atoms with Crippen molar-refractivity contribution in [3.05, 3.63) is 59.2 Å². The molecule has 0 aliphatic heterocycles. The lowest BCUT2D eigenvalue weighted by molar-refractivity contribution is -0.119. The predicted molar refractivity (Wildman–Crippen MR) is 124 cm³/mol. The van der Waals surface area contributed by atoms with E-state index in [1.807, 2.05) is 50.2 Å². The molecule has 0 aromatic heterocycles. The molecule has 0 saturated heterocycles. The molecule has 0 fully saturated rings. The van der Waals surface area contributed by atoms with E-state index < -0.39 is 15.9 Å². The number of nitrogens with zero attached hydrogens (tertiary/aromatic N) is 3. The summed E-state index contributed by atoms with van der Waals surface area (Å²) in [6, 6.07) is 13.2. The van der Waals surface area contributed by atoms with Crippen LogP contribution in [0.1, 0.15) is 30.5 Å². The average Bonchev–Trinajstić information content (AvgIpc) is 2.68. The molecule has 8 heteroatoms. The van der Waals surface area contributed by atoms with Gasteiger partial charge in [0.25, 0.3) is 5.91 Å². The normalized spacial score (nSPS) is 11.5. The minimum Gasteiger partial charge on any atom is -0.372 e. The largest absolute Gasteiger partial charge is 0.372 e. The topological polar surface area (TPSA) is 82.1 Å². The van der Waals surface area contributed by atoms with Crippen LogP contribution in [0.15, 0.2) is 47.6 Å². The van der Waals surface area contributed by atoms with Crippen LogP contribution in [0.25, 0.3) is 0 Å².